The third-order valence-electron chi connectivity index (χ3n) is 3.08. The van der Waals surface area contributed by atoms with E-state index < -0.39 is 0 Å². The lowest BCUT2D eigenvalue weighted by atomic mass is 10.2. The van der Waals surface area contributed by atoms with Gasteiger partial charge in [0.25, 0.3) is 0 Å². The van der Waals surface area contributed by atoms with Crippen LogP contribution in [0.5, 0.6) is 0 Å². The van der Waals surface area contributed by atoms with Gasteiger partial charge in [-0.05, 0) is 26.9 Å². The molecule has 0 radical (unpaired) electrons. The van der Waals surface area contributed by atoms with Gasteiger partial charge in [0.2, 0.25) is 5.91 Å². The van der Waals surface area contributed by atoms with Crippen LogP contribution in [-0.4, -0.2) is 55.0 Å². The fourth-order valence-corrected chi connectivity index (χ4v) is 1.86. The van der Waals surface area contributed by atoms with Gasteiger partial charge in [0.05, 0.1) is 0 Å². The highest BCUT2D eigenvalue weighted by atomic mass is 16.2. The number of nitrogens with zero attached hydrogens (tertiary/aromatic N) is 2. The van der Waals surface area contributed by atoms with Gasteiger partial charge in [-0.1, -0.05) is 0 Å². The van der Waals surface area contributed by atoms with Crippen LogP contribution in [0.2, 0.25) is 0 Å². The first-order valence-corrected chi connectivity index (χ1v) is 5.55. The molecule has 1 saturated heterocycles. The van der Waals surface area contributed by atoms with E-state index in [1.54, 1.807) is 0 Å². The summed E-state index contributed by atoms with van der Waals surface area (Å²) in [5, 5.41) is 0. The van der Waals surface area contributed by atoms with Crippen LogP contribution in [0, 0.1) is 0 Å². The predicted octanol–water partition coefficient (Wildman–Crippen LogP) is -0.608. The van der Waals surface area contributed by atoms with E-state index >= 15 is 0 Å². The molecule has 88 valence electrons. The van der Waals surface area contributed by atoms with Gasteiger partial charge in [-0.25, -0.2) is 5.84 Å². The SMILES string of the molecule is CC1CN(CCCC(=O)NN)CCN1C. The van der Waals surface area contributed by atoms with Crippen LogP contribution in [0.4, 0.5) is 0 Å². The largest absolute Gasteiger partial charge is 0.301 e. The number of amides is 1. The Kier molecular flexibility index (Phi) is 5.01. The van der Waals surface area contributed by atoms with Crippen molar-refractivity contribution < 1.29 is 4.79 Å². The highest BCUT2D eigenvalue weighted by Gasteiger charge is 2.19. The van der Waals surface area contributed by atoms with Crippen molar-refractivity contribution in [2.45, 2.75) is 25.8 Å². The molecule has 5 nitrogen and oxygen atoms in total. The van der Waals surface area contributed by atoms with Crippen molar-refractivity contribution in [3.63, 3.8) is 0 Å². The second-order valence-electron chi connectivity index (χ2n) is 4.30. The first kappa shape index (κ1) is 12.4. The number of carbonyl (C=O) groups excluding carboxylic acids is 1. The van der Waals surface area contributed by atoms with E-state index in [4.69, 9.17) is 5.84 Å². The molecule has 3 N–H and O–H groups in total. The molecule has 1 unspecified atom stereocenters. The average molecular weight is 214 g/mol. The third kappa shape index (κ3) is 4.15. The van der Waals surface area contributed by atoms with Crippen LogP contribution in [0.25, 0.3) is 0 Å². The molecule has 1 heterocycles. The molecular formula is C10H22N4O. The Labute approximate surface area is 91.6 Å². The standard InChI is InChI=1S/C10H22N4O/c1-9-8-14(7-6-13(9)2)5-3-4-10(15)12-11/h9H,3-8,11H2,1-2H3,(H,12,15). The van der Waals surface area contributed by atoms with E-state index in [-0.39, 0.29) is 5.91 Å². The molecule has 1 amide bonds. The number of nitrogens with two attached hydrogens (primary N) is 1. The molecule has 1 rings (SSSR count). The highest BCUT2D eigenvalue weighted by Crippen LogP contribution is 2.07. The van der Waals surface area contributed by atoms with Crippen molar-refractivity contribution in [3.8, 4) is 0 Å². The van der Waals surface area contributed by atoms with Crippen LogP contribution in [0.3, 0.4) is 0 Å². The summed E-state index contributed by atoms with van der Waals surface area (Å²) >= 11 is 0. The first-order valence-electron chi connectivity index (χ1n) is 5.55. The van der Waals surface area contributed by atoms with E-state index in [2.05, 4.69) is 29.2 Å². The molecule has 1 atom stereocenters. The van der Waals surface area contributed by atoms with Crippen molar-refractivity contribution in [3.05, 3.63) is 0 Å². The van der Waals surface area contributed by atoms with Crippen LogP contribution in [0.15, 0.2) is 0 Å². The normalized spacial score (nSPS) is 24.1. The summed E-state index contributed by atoms with van der Waals surface area (Å²) in [7, 11) is 2.16. The predicted molar refractivity (Wildman–Crippen MR) is 60.1 cm³/mol. The smallest absolute Gasteiger partial charge is 0.233 e. The third-order valence-corrected chi connectivity index (χ3v) is 3.08. The summed E-state index contributed by atoms with van der Waals surface area (Å²) < 4.78 is 0. The number of piperazine rings is 1. The Balaban J connectivity index is 2.14. The lowest BCUT2D eigenvalue weighted by molar-refractivity contribution is -0.121. The van der Waals surface area contributed by atoms with Gasteiger partial charge in [-0.2, -0.15) is 0 Å². The van der Waals surface area contributed by atoms with Crippen LogP contribution >= 0.6 is 0 Å². The summed E-state index contributed by atoms with van der Waals surface area (Å²) in [4.78, 5) is 15.7. The number of nitrogens with one attached hydrogen (secondary N) is 1. The van der Waals surface area contributed by atoms with Crippen molar-refractivity contribution in [2.24, 2.45) is 5.84 Å². The second-order valence-corrected chi connectivity index (χ2v) is 4.30. The summed E-state index contributed by atoms with van der Waals surface area (Å²) in [6, 6.07) is 0.613. The number of hydrogen-bond donors (Lipinski definition) is 2. The molecule has 5 heteroatoms. The van der Waals surface area contributed by atoms with Gasteiger partial charge in [0.1, 0.15) is 0 Å². The van der Waals surface area contributed by atoms with Crippen molar-refractivity contribution >= 4 is 5.91 Å². The molecule has 0 aromatic heterocycles. The fourth-order valence-electron chi connectivity index (χ4n) is 1.86. The van der Waals surface area contributed by atoms with Gasteiger partial charge in [0, 0.05) is 32.1 Å². The fraction of sp³-hybridized carbons (Fsp3) is 0.900. The Bertz CT molecular complexity index is 210. The van der Waals surface area contributed by atoms with Gasteiger partial charge in [0.15, 0.2) is 0 Å². The molecule has 0 aliphatic carbocycles. The Morgan fingerprint density at radius 2 is 2.27 bits per heavy atom. The molecular weight excluding hydrogens is 192 g/mol. The van der Waals surface area contributed by atoms with Crippen molar-refractivity contribution in [1.29, 1.82) is 0 Å². The summed E-state index contributed by atoms with van der Waals surface area (Å²) in [6.07, 6.45) is 1.41. The Morgan fingerprint density at radius 1 is 1.53 bits per heavy atom. The number of rotatable bonds is 4. The zero-order valence-corrected chi connectivity index (χ0v) is 9.70. The summed E-state index contributed by atoms with van der Waals surface area (Å²) in [6.45, 7) is 6.54. The lowest BCUT2D eigenvalue weighted by Crippen LogP contribution is -2.50. The van der Waals surface area contributed by atoms with E-state index in [1.165, 1.54) is 0 Å². The van der Waals surface area contributed by atoms with Gasteiger partial charge < -0.3 is 9.80 Å². The van der Waals surface area contributed by atoms with E-state index in [9.17, 15) is 4.79 Å². The Hall–Kier alpha value is -0.650. The summed E-state index contributed by atoms with van der Waals surface area (Å²) in [5.74, 6) is 4.94. The van der Waals surface area contributed by atoms with E-state index in [0.29, 0.717) is 12.5 Å². The quantitative estimate of drug-likeness (QED) is 0.372. The topological polar surface area (TPSA) is 61.6 Å². The minimum atomic E-state index is -0.0721. The molecule has 1 aliphatic heterocycles. The minimum Gasteiger partial charge on any atom is -0.301 e. The van der Waals surface area contributed by atoms with Gasteiger partial charge >= 0.3 is 0 Å². The van der Waals surface area contributed by atoms with Crippen LogP contribution in [-0.2, 0) is 4.79 Å². The highest BCUT2D eigenvalue weighted by molar-refractivity contribution is 5.75. The maximum Gasteiger partial charge on any atom is 0.233 e. The van der Waals surface area contributed by atoms with Gasteiger partial charge in [-0.3, -0.25) is 10.2 Å². The second kappa shape index (κ2) is 6.05. The molecule has 0 bridgehead atoms. The van der Waals surface area contributed by atoms with E-state index in [0.717, 1.165) is 32.6 Å². The van der Waals surface area contributed by atoms with E-state index in [1.807, 2.05) is 0 Å². The zero-order chi connectivity index (χ0) is 11.3. The van der Waals surface area contributed by atoms with Crippen LogP contribution in [0.1, 0.15) is 19.8 Å². The number of likely N-dealkylation sites (N-methyl/N-ethyl adjacent to an activating group) is 1. The first-order chi connectivity index (χ1) is 7.13. The van der Waals surface area contributed by atoms with Crippen molar-refractivity contribution in [2.75, 3.05) is 33.2 Å². The zero-order valence-electron chi connectivity index (χ0n) is 9.70. The molecule has 0 aromatic rings. The molecule has 0 aromatic carbocycles. The number of hydrogen-bond acceptors (Lipinski definition) is 4. The molecule has 0 saturated carbocycles. The number of carbonyl (C=O) groups is 1. The maximum atomic E-state index is 10.9. The van der Waals surface area contributed by atoms with Crippen molar-refractivity contribution in [1.82, 2.24) is 15.2 Å². The minimum absolute atomic E-state index is 0.0721. The molecule has 1 fully saturated rings. The average Bonchev–Trinajstić information content (AvgIpc) is 2.23. The molecule has 0 spiro atoms. The Morgan fingerprint density at radius 3 is 2.87 bits per heavy atom. The summed E-state index contributed by atoms with van der Waals surface area (Å²) in [5.41, 5.74) is 2.15. The van der Waals surface area contributed by atoms with Gasteiger partial charge in [-0.15, -0.1) is 0 Å². The molecule has 1 aliphatic rings. The maximum absolute atomic E-state index is 10.9. The van der Waals surface area contributed by atoms with Crippen LogP contribution < -0.4 is 11.3 Å². The number of hydrazine groups is 1. The molecule has 15 heavy (non-hydrogen) atoms. The lowest BCUT2D eigenvalue weighted by Gasteiger charge is -2.37. The monoisotopic (exact) mass is 214 g/mol.